The third-order valence-electron chi connectivity index (χ3n) is 3.22. The van der Waals surface area contributed by atoms with Crippen LogP contribution in [0, 0.1) is 5.92 Å². The molecule has 2 rings (SSSR count). The van der Waals surface area contributed by atoms with Crippen LogP contribution in [0.4, 0.5) is 0 Å². The summed E-state index contributed by atoms with van der Waals surface area (Å²) < 4.78 is 11.1. The molecular weight excluding hydrogens is 228 g/mol. The molecule has 0 amide bonds. The molecular formula is C15H22O3. The molecule has 1 aromatic rings. The van der Waals surface area contributed by atoms with Crippen LogP contribution in [0.2, 0.25) is 0 Å². The Kier molecular flexibility index (Phi) is 4.61. The first-order chi connectivity index (χ1) is 8.66. The molecule has 0 bridgehead atoms. The first-order valence-corrected chi connectivity index (χ1v) is 6.68. The summed E-state index contributed by atoms with van der Waals surface area (Å²) in [6.45, 7) is 5.58. The van der Waals surface area contributed by atoms with Crippen molar-refractivity contribution in [1.29, 1.82) is 0 Å². The van der Waals surface area contributed by atoms with Gasteiger partial charge in [0.2, 0.25) is 0 Å². The third kappa shape index (κ3) is 3.47. The SMILES string of the molecule is CC(C)Oc1ccccc1C(O)CC1CCOC1. The maximum absolute atomic E-state index is 10.3. The van der Waals surface area contributed by atoms with E-state index in [9.17, 15) is 5.11 Å². The van der Waals surface area contributed by atoms with Gasteiger partial charge in [0.25, 0.3) is 0 Å². The summed E-state index contributed by atoms with van der Waals surface area (Å²) in [5.74, 6) is 1.26. The normalized spacial score (nSPS) is 21.2. The van der Waals surface area contributed by atoms with Crippen molar-refractivity contribution in [3.63, 3.8) is 0 Å². The van der Waals surface area contributed by atoms with Crippen LogP contribution in [0.25, 0.3) is 0 Å². The maximum Gasteiger partial charge on any atom is 0.125 e. The first kappa shape index (κ1) is 13.4. The molecule has 1 heterocycles. The van der Waals surface area contributed by atoms with Crippen LogP contribution < -0.4 is 4.74 Å². The second-order valence-electron chi connectivity index (χ2n) is 5.19. The van der Waals surface area contributed by atoms with Crippen molar-refractivity contribution in [1.82, 2.24) is 0 Å². The summed E-state index contributed by atoms with van der Waals surface area (Å²) in [6, 6.07) is 7.74. The molecule has 0 spiro atoms. The summed E-state index contributed by atoms with van der Waals surface area (Å²) in [4.78, 5) is 0. The topological polar surface area (TPSA) is 38.7 Å². The predicted octanol–water partition coefficient (Wildman–Crippen LogP) is 2.93. The molecule has 1 saturated heterocycles. The summed E-state index contributed by atoms with van der Waals surface area (Å²) in [5.41, 5.74) is 0.887. The highest BCUT2D eigenvalue weighted by Crippen LogP contribution is 2.32. The van der Waals surface area contributed by atoms with E-state index in [2.05, 4.69) is 0 Å². The fraction of sp³-hybridized carbons (Fsp3) is 0.600. The zero-order chi connectivity index (χ0) is 13.0. The van der Waals surface area contributed by atoms with E-state index in [0.29, 0.717) is 5.92 Å². The number of rotatable bonds is 5. The summed E-state index contributed by atoms with van der Waals surface area (Å²) >= 11 is 0. The third-order valence-corrected chi connectivity index (χ3v) is 3.22. The summed E-state index contributed by atoms with van der Waals surface area (Å²) in [5, 5.41) is 10.3. The Morgan fingerprint density at radius 3 is 2.83 bits per heavy atom. The summed E-state index contributed by atoms with van der Waals surface area (Å²) in [6.07, 6.45) is 1.45. The van der Waals surface area contributed by atoms with E-state index in [4.69, 9.17) is 9.47 Å². The van der Waals surface area contributed by atoms with Gasteiger partial charge in [0.05, 0.1) is 12.2 Å². The Morgan fingerprint density at radius 2 is 2.17 bits per heavy atom. The molecule has 1 aromatic carbocycles. The molecule has 100 valence electrons. The van der Waals surface area contributed by atoms with Crippen molar-refractivity contribution in [2.45, 2.75) is 38.9 Å². The van der Waals surface area contributed by atoms with Gasteiger partial charge < -0.3 is 14.6 Å². The second-order valence-corrected chi connectivity index (χ2v) is 5.19. The number of aliphatic hydroxyl groups is 1. The number of hydrogen-bond acceptors (Lipinski definition) is 3. The highest BCUT2D eigenvalue weighted by Gasteiger charge is 2.22. The molecule has 0 aliphatic carbocycles. The lowest BCUT2D eigenvalue weighted by atomic mass is 9.96. The summed E-state index contributed by atoms with van der Waals surface area (Å²) in [7, 11) is 0. The van der Waals surface area contributed by atoms with E-state index in [1.54, 1.807) is 0 Å². The zero-order valence-corrected chi connectivity index (χ0v) is 11.1. The minimum Gasteiger partial charge on any atom is -0.491 e. The van der Waals surface area contributed by atoms with Gasteiger partial charge in [0, 0.05) is 18.8 Å². The van der Waals surface area contributed by atoms with Crippen LogP contribution in [-0.4, -0.2) is 24.4 Å². The number of para-hydroxylation sites is 1. The Bertz CT molecular complexity index is 370. The van der Waals surface area contributed by atoms with Crippen LogP contribution in [0.15, 0.2) is 24.3 Å². The van der Waals surface area contributed by atoms with Crippen molar-refractivity contribution in [3.05, 3.63) is 29.8 Å². The van der Waals surface area contributed by atoms with Crippen LogP contribution >= 0.6 is 0 Å². The van der Waals surface area contributed by atoms with Crippen molar-refractivity contribution < 1.29 is 14.6 Å². The lowest BCUT2D eigenvalue weighted by molar-refractivity contribution is 0.124. The lowest BCUT2D eigenvalue weighted by Crippen LogP contribution is -2.11. The van der Waals surface area contributed by atoms with Crippen molar-refractivity contribution in [2.75, 3.05) is 13.2 Å². The fourth-order valence-corrected chi connectivity index (χ4v) is 2.33. The van der Waals surface area contributed by atoms with Gasteiger partial charge in [-0.1, -0.05) is 18.2 Å². The highest BCUT2D eigenvalue weighted by molar-refractivity contribution is 5.35. The fourth-order valence-electron chi connectivity index (χ4n) is 2.33. The van der Waals surface area contributed by atoms with E-state index >= 15 is 0 Å². The van der Waals surface area contributed by atoms with Crippen LogP contribution in [0.1, 0.15) is 38.4 Å². The van der Waals surface area contributed by atoms with Gasteiger partial charge in [-0.25, -0.2) is 0 Å². The van der Waals surface area contributed by atoms with Crippen LogP contribution in [0.3, 0.4) is 0 Å². The van der Waals surface area contributed by atoms with Crippen molar-refractivity contribution in [3.8, 4) is 5.75 Å². The quantitative estimate of drug-likeness (QED) is 0.873. The van der Waals surface area contributed by atoms with Gasteiger partial charge in [-0.2, -0.15) is 0 Å². The Hall–Kier alpha value is -1.06. The van der Waals surface area contributed by atoms with Crippen molar-refractivity contribution in [2.24, 2.45) is 5.92 Å². The molecule has 2 unspecified atom stereocenters. The van der Waals surface area contributed by atoms with Gasteiger partial charge >= 0.3 is 0 Å². The molecule has 3 nitrogen and oxygen atoms in total. The van der Waals surface area contributed by atoms with E-state index in [-0.39, 0.29) is 6.10 Å². The van der Waals surface area contributed by atoms with Gasteiger partial charge in [-0.05, 0) is 38.7 Å². The molecule has 1 aliphatic heterocycles. The molecule has 3 heteroatoms. The Morgan fingerprint density at radius 1 is 1.39 bits per heavy atom. The van der Waals surface area contributed by atoms with E-state index in [0.717, 1.165) is 37.4 Å². The number of aliphatic hydroxyl groups excluding tert-OH is 1. The monoisotopic (exact) mass is 250 g/mol. The van der Waals surface area contributed by atoms with E-state index in [1.165, 1.54) is 0 Å². The first-order valence-electron chi connectivity index (χ1n) is 6.68. The number of hydrogen-bond donors (Lipinski definition) is 1. The van der Waals surface area contributed by atoms with Gasteiger partial charge in [0.15, 0.2) is 0 Å². The number of benzene rings is 1. The van der Waals surface area contributed by atoms with Gasteiger partial charge in [-0.3, -0.25) is 0 Å². The Labute approximate surface area is 109 Å². The lowest BCUT2D eigenvalue weighted by Gasteiger charge is -2.19. The molecule has 1 fully saturated rings. The predicted molar refractivity (Wildman–Crippen MR) is 70.7 cm³/mol. The molecule has 1 N–H and O–H groups in total. The average Bonchev–Trinajstić information content (AvgIpc) is 2.81. The molecule has 0 radical (unpaired) electrons. The number of ether oxygens (including phenoxy) is 2. The second kappa shape index (κ2) is 6.21. The molecule has 0 saturated carbocycles. The average molecular weight is 250 g/mol. The molecule has 0 aromatic heterocycles. The molecule has 1 aliphatic rings. The van der Waals surface area contributed by atoms with E-state index in [1.807, 2.05) is 38.1 Å². The van der Waals surface area contributed by atoms with Gasteiger partial charge in [0.1, 0.15) is 5.75 Å². The van der Waals surface area contributed by atoms with E-state index < -0.39 is 6.10 Å². The minimum atomic E-state index is -0.466. The highest BCUT2D eigenvalue weighted by atomic mass is 16.5. The Balaban J connectivity index is 2.05. The van der Waals surface area contributed by atoms with Crippen LogP contribution in [-0.2, 0) is 4.74 Å². The van der Waals surface area contributed by atoms with Crippen LogP contribution in [0.5, 0.6) is 5.75 Å². The van der Waals surface area contributed by atoms with Gasteiger partial charge in [-0.15, -0.1) is 0 Å². The smallest absolute Gasteiger partial charge is 0.125 e. The molecule has 2 atom stereocenters. The maximum atomic E-state index is 10.3. The largest absolute Gasteiger partial charge is 0.491 e. The zero-order valence-electron chi connectivity index (χ0n) is 11.1. The standard InChI is InChI=1S/C15H22O3/c1-11(2)18-15-6-4-3-5-13(15)14(16)9-12-7-8-17-10-12/h3-6,11-12,14,16H,7-10H2,1-2H3. The van der Waals surface area contributed by atoms with Crippen molar-refractivity contribution >= 4 is 0 Å². The minimum absolute atomic E-state index is 0.119. The molecule has 18 heavy (non-hydrogen) atoms.